The summed E-state index contributed by atoms with van der Waals surface area (Å²) in [4.78, 5) is 13.2. The van der Waals surface area contributed by atoms with Crippen molar-refractivity contribution in [2.24, 2.45) is 0 Å². The van der Waals surface area contributed by atoms with Crippen LogP contribution in [0.25, 0.3) is 0 Å². The van der Waals surface area contributed by atoms with Crippen molar-refractivity contribution in [2.45, 2.75) is 4.90 Å². The molecule has 18 heavy (non-hydrogen) atoms. The predicted molar refractivity (Wildman–Crippen MR) is 74.5 cm³/mol. The van der Waals surface area contributed by atoms with Gasteiger partial charge in [-0.2, -0.15) is 0 Å². The number of hydrogen-bond acceptors (Lipinski definition) is 3. The summed E-state index contributed by atoms with van der Waals surface area (Å²) in [7, 11) is 1.58. The van der Waals surface area contributed by atoms with Crippen LogP contribution >= 0.6 is 11.8 Å². The lowest BCUT2D eigenvalue weighted by molar-refractivity contribution is 0.101. The Bertz CT molecular complexity index is 523. The van der Waals surface area contributed by atoms with Crippen LogP contribution in [0, 0.1) is 0 Å². The fourth-order valence-corrected chi connectivity index (χ4v) is 2.42. The number of carbonyl (C=O) groups is 1. The molecule has 0 aromatic heterocycles. The molecule has 0 saturated carbocycles. The van der Waals surface area contributed by atoms with Gasteiger partial charge in [-0.3, -0.25) is 4.79 Å². The minimum Gasteiger partial charge on any atom is -0.496 e. The average Bonchev–Trinajstić information content (AvgIpc) is 2.45. The van der Waals surface area contributed by atoms with Crippen LogP contribution in [0.3, 0.4) is 0 Å². The van der Waals surface area contributed by atoms with E-state index in [0.29, 0.717) is 17.1 Å². The third-order valence-corrected chi connectivity index (χ3v) is 3.53. The summed E-state index contributed by atoms with van der Waals surface area (Å²) >= 11 is 1.54. The number of para-hydroxylation sites is 1. The van der Waals surface area contributed by atoms with Gasteiger partial charge in [-0.15, -0.1) is 11.8 Å². The molecule has 2 aromatic rings. The predicted octanol–water partition coefficient (Wildman–Crippen LogP) is 3.67. The Morgan fingerprint density at radius 1 is 1.06 bits per heavy atom. The van der Waals surface area contributed by atoms with Crippen molar-refractivity contribution in [3.05, 3.63) is 60.2 Å². The summed E-state index contributed by atoms with van der Waals surface area (Å²) in [5.74, 6) is 1.14. The normalized spacial score (nSPS) is 10.1. The van der Waals surface area contributed by atoms with Crippen LogP contribution < -0.4 is 4.74 Å². The maximum Gasteiger partial charge on any atom is 0.176 e. The van der Waals surface area contributed by atoms with E-state index < -0.39 is 0 Å². The third-order valence-electron chi connectivity index (χ3n) is 2.52. The van der Waals surface area contributed by atoms with Gasteiger partial charge < -0.3 is 4.74 Å². The Morgan fingerprint density at radius 3 is 2.44 bits per heavy atom. The molecule has 0 saturated heterocycles. The van der Waals surface area contributed by atoms with Gasteiger partial charge in [-0.25, -0.2) is 0 Å². The van der Waals surface area contributed by atoms with E-state index in [1.165, 1.54) is 11.8 Å². The monoisotopic (exact) mass is 258 g/mol. The molecule has 2 rings (SSSR count). The Hall–Kier alpha value is -1.74. The molecule has 0 radical (unpaired) electrons. The molecule has 0 aliphatic rings. The minimum absolute atomic E-state index is 0.0845. The van der Waals surface area contributed by atoms with Crippen LogP contribution in [0.2, 0.25) is 0 Å². The first-order valence-corrected chi connectivity index (χ1v) is 6.64. The van der Waals surface area contributed by atoms with Crippen LogP contribution in [-0.2, 0) is 0 Å². The van der Waals surface area contributed by atoms with Gasteiger partial charge in [-0.1, -0.05) is 30.3 Å². The third kappa shape index (κ3) is 3.14. The first-order valence-electron chi connectivity index (χ1n) is 5.65. The lowest BCUT2D eigenvalue weighted by Gasteiger charge is -2.06. The fraction of sp³-hybridized carbons (Fsp3) is 0.133. The quantitative estimate of drug-likeness (QED) is 0.604. The highest BCUT2D eigenvalue weighted by atomic mass is 32.2. The molecule has 0 fully saturated rings. The summed E-state index contributed by atoms with van der Waals surface area (Å²) in [5.41, 5.74) is 0.642. The number of ketones is 1. The molecule has 0 bridgehead atoms. The SMILES string of the molecule is COc1ccccc1C(=O)CSc1ccccc1. The summed E-state index contributed by atoms with van der Waals surface area (Å²) in [6, 6.07) is 17.2. The van der Waals surface area contributed by atoms with Gasteiger partial charge in [0.1, 0.15) is 5.75 Å². The molecular weight excluding hydrogens is 244 g/mol. The maximum atomic E-state index is 12.1. The molecule has 2 aromatic carbocycles. The smallest absolute Gasteiger partial charge is 0.176 e. The first-order chi connectivity index (χ1) is 8.81. The first kappa shape index (κ1) is 12.7. The second-order valence-corrected chi connectivity index (χ2v) is 4.77. The van der Waals surface area contributed by atoms with Gasteiger partial charge in [0.05, 0.1) is 18.4 Å². The minimum atomic E-state index is 0.0845. The average molecular weight is 258 g/mol. The molecule has 0 atom stereocenters. The van der Waals surface area contributed by atoms with Crippen molar-refractivity contribution < 1.29 is 9.53 Å². The summed E-state index contributed by atoms with van der Waals surface area (Å²) in [5, 5.41) is 0. The summed E-state index contributed by atoms with van der Waals surface area (Å²) < 4.78 is 5.19. The zero-order valence-corrected chi connectivity index (χ0v) is 10.9. The Kier molecular flexibility index (Phi) is 4.42. The molecule has 0 amide bonds. The van der Waals surface area contributed by atoms with E-state index >= 15 is 0 Å². The number of carbonyl (C=O) groups excluding carboxylic acids is 1. The van der Waals surface area contributed by atoms with E-state index in [0.717, 1.165) is 4.90 Å². The second-order valence-electron chi connectivity index (χ2n) is 3.73. The number of Topliss-reactive ketones (excluding diaryl/α,β-unsaturated/α-hetero) is 1. The highest BCUT2D eigenvalue weighted by molar-refractivity contribution is 8.00. The van der Waals surface area contributed by atoms with E-state index in [1.807, 2.05) is 42.5 Å². The lowest BCUT2D eigenvalue weighted by Crippen LogP contribution is -2.04. The highest BCUT2D eigenvalue weighted by Gasteiger charge is 2.11. The molecular formula is C15H14O2S. The number of rotatable bonds is 5. The van der Waals surface area contributed by atoms with E-state index in [4.69, 9.17) is 4.74 Å². The zero-order chi connectivity index (χ0) is 12.8. The lowest BCUT2D eigenvalue weighted by atomic mass is 10.1. The molecule has 0 unspecified atom stereocenters. The molecule has 0 aliphatic carbocycles. The Labute approximate surface area is 111 Å². The number of thioether (sulfide) groups is 1. The number of hydrogen-bond donors (Lipinski definition) is 0. The molecule has 0 N–H and O–H groups in total. The van der Waals surface area contributed by atoms with Crippen molar-refractivity contribution in [3.63, 3.8) is 0 Å². The van der Waals surface area contributed by atoms with Gasteiger partial charge in [-0.05, 0) is 24.3 Å². The molecule has 0 spiro atoms. The van der Waals surface area contributed by atoms with Crippen molar-refractivity contribution in [3.8, 4) is 5.75 Å². The van der Waals surface area contributed by atoms with Gasteiger partial charge in [0.25, 0.3) is 0 Å². The van der Waals surface area contributed by atoms with Crippen LogP contribution in [0.1, 0.15) is 10.4 Å². The van der Waals surface area contributed by atoms with E-state index in [9.17, 15) is 4.79 Å². The van der Waals surface area contributed by atoms with Crippen LogP contribution in [0.5, 0.6) is 5.75 Å². The van der Waals surface area contributed by atoms with Crippen molar-refractivity contribution >= 4 is 17.5 Å². The topological polar surface area (TPSA) is 26.3 Å². The number of ether oxygens (including phenoxy) is 1. The van der Waals surface area contributed by atoms with Gasteiger partial charge in [0, 0.05) is 4.90 Å². The molecule has 0 aliphatic heterocycles. The largest absolute Gasteiger partial charge is 0.496 e. The van der Waals surface area contributed by atoms with Gasteiger partial charge in [0.2, 0.25) is 0 Å². The standard InChI is InChI=1S/C15H14O2S/c1-17-15-10-6-5-9-13(15)14(16)11-18-12-7-3-2-4-8-12/h2-10H,11H2,1H3. The number of methoxy groups -OCH3 is 1. The highest BCUT2D eigenvalue weighted by Crippen LogP contribution is 2.22. The van der Waals surface area contributed by atoms with Crippen molar-refractivity contribution in [2.75, 3.05) is 12.9 Å². The van der Waals surface area contributed by atoms with Crippen LogP contribution in [0.4, 0.5) is 0 Å². The molecule has 0 heterocycles. The summed E-state index contributed by atoms with van der Waals surface area (Å²) in [6.45, 7) is 0. The van der Waals surface area contributed by atoms with Crippen molar-refractivity contribution in [1.29, 1.82) is 0 Å². The van der Waals surface area contributed by atoms with Crippen LogP contribution in [-0.4, -0.2) is 18.6 Å². The number of benzene rings is 2. The van der Waals surface area contributed by atoms with E-state index in [-0.39, 0.29) is 5.78 Å². The Balaban J connectivity index is 2.04. The molecule has 92 valence electrons. The zero-order valence-electron chi connectivity index (χ0n) is 10.1. The van der Waals surface area contributed by atoms with Gasteiger partial charge >= 0.3 is 0 Å². The van der Waals surface area contributed by atoms with E-state index in [1.54, 1.807) is 19.2 Å². The molecule has 3 heteroatoms. The molecule has 2 nitrogen and oxygen atoms in total. The van der Waals surface area contributed by atoms with Crippen molar-refractivity contribution in [1.82, 2.24) is 0 Å². The van der Waals surface area contributed by atoms with Crippen LogP contribution in [0.15, 0.2) is 59.5 Å². The maximum absolute atomic E-state index is 12.1. The fourth-order valence-electron chi connectivity index (χ4n) is 1.62. The Morgan fingerprint density at radius 2 is 1.72 bits per heavy atom. The second kappa shape index (κ2) is 6.26. The van der Waals surface area contributed by atoms with E-state index in [2.05, 4.69) is 0 Å². The summed E-state index contributed by atoms with van der Waals surface area (Å²) in [6.07, 6.45) is 0. The van der Waals surface area contributed by atoms with Gasteiger partial charge in [0.15, 0.2) is 5.78 Å².